The lowest BCUT2D eigenvalue weighted by Crippen LogP contribution is -2.45. The molecule has 0 bridgehead atoms. The first-order chi connectivity index (χ1) is 13.5. The van der Waals surface area contributed by atoms with E-state index >= 15 is 0 Å². The van der Waals surface area contributed by atoms with E-state index in [1.807, 2.05) is 18.2 Å². The number of aliphatic carboxylic acids is 1. The van der Waals surface area contributed by atoms with E-state index in [-0.39, 0.29) is 19.4 Å². The van der Waals surface area contributed by atoms with Crippen LogP contribution in [-0.4, -0.2) is 23.7 Å². The van der Waals surface area contributed by atoms with Crippen LogP contribution in [0.3, 0.4) is 0 Å². The van der Waals surface area contributed by atoms with Gasteiger partial charge in [0.05, 0.1) is 18.2 Å². The lowest BCUT2D eigenvalue weighted by molar-refractivity contribution is -0.169. The minimum absolute atomic E-state index is 0.112. The molecule has 0 radical (unpaired) electrons. The second kappa shape index (κ2) is 8.13. The molecule has 28 heavy (non-hydrogen) atoms. The smallest absolute Gasteiger partial charge is 0.323 e. The second-order valence-electron chi connectivity index (χ2n) is 6.81. The number of aryl methyl sites for hydroxylation is 1. The van der Waals surface area contributed by atoms with E-state index in [0.29, 0.717) is 24.3 Å². The summed E-state index contributed by atoms with van der Waals surface area (Å²) in [5.41, 5.74) is 1.79. The van der Waals surface area contributed by atoms with Crippen LogP contribution in [0.4, 0.5) is 0 Å². The van der Waals surface area contributed by atoms with Crippen molar-refractivity contribution in [3.8, 4) is 11.8 Å². The number of nitrogens with zero attached hydrogens (tertiary/aromatic N) is 1. The molecule has 1 aliphatic rings. The average Bonchev–Trinajstić information content (AvgIpc) is 2.72. The molecule has 6 heteroatoms. The zero-order valence-electron chi connectivity index (χ0n) is 15.6. The fourth-order valence-corrected chi connectivity index (χ4v) is 3.44. The first kappa shape index (κ1) is 19.4. The van der Waals surface area contributed by atoms with Crippen LogP contribution in [0.15, 0.2) is 42.5 Å². The standard InChI is InChI=1S/C22H21NO5/c1-2-27-21(26)22(20(24)25)10-9-17-6-3-16(11-18(17)12-22)14-28-19-7-4-15(13-23)5-8-19/h3-8,11H,2,9-10,12,14H2,1H3,(H,24,25). The molecule has 1 aliphatic carbocycles. The number of carboxylic acid groups (broad SMARTS) is 1. The highest BCUT2D eigenvalue weighted by Gasteiger charge is 2.49. The summed E-state index contributed by atoms with van der Waals surface area (Å²) in [6, 6.07) is 14.7. The van der Waals surface area contributed by atoms with E-state index in [0.717, 1.165) is 16.7 Å². The molecule has 144 valence electrons. The molecule has 0 fully saturated rings. The Hall–Kier alpha value is -3.33. The summed E-state index contributed by atoms with van der Waals surface area (Å²) >= 11 is 0. The van der Waals surface area contributed by atoms with Gasteiger partial charge in [0.1, 0.15) is 12.4 Å². The summed E-state index contributed by atoms with van der Waals surface area (Å²) in [6.45, 7) is 2.13. The number of rotatable bonds is 6. The van der Waals surface area contributed by atoms with Crippen molar-refractivity contribution < 1.29 is 24.2 Å². The molecule has 1 atom stereocenters. The van der Waals surface area contributed by atoms with Crippen LogP contribution in [0.2, 0.25) is 0 Å². The number of esters is 1. The van der Waals surface area contributed by atoms with Crippen LogP contribution in [0.5, 0.6) is 5.75 Å². The van der Waals surface area contributed by atoms with E-state index in [4.69, 9.17) is 14.7 Å². The normalized spacial score (nSPS) is 17.9. The van der Waals surface area contributed by atoms with Gasteiger partial charge in [-0.15, -0.1) is 0 Å². The average molecular weight is 379 g/mol. The third-order valence-electron chi connectivity index (χ3n) is 5.05. The van der Waals surface area contributed by atoms with Crippen LogP contribution >= 0.6 is 0 Å². The maximum Gasteiger partial charge on any atom is 0.323 e. The molecule has 0 spiro atoms. The Balaban J connectivity index is 1.77. The van der Waals surface area contributed by atoms with Crippen molar-refractivity contribution in [2.24, 2.45) is 5.41 Å². The number of nitriles is 1. The van der Waals surface area contributed by atoms with Crippen molar-refractivity contribution >= 4 is 11.9 Å². The summed E-state index contributed by atoms with van der Waals surface area (Å²) in [4.78, 5) is 24.3. The summed E-state index contributed by atoms with van der Waals surface area (Å²) in [5, 5.41) is 18.6. The van der Waals surface area contributed by atoms with Crippen molar-refractivity contribution in [2.45, 2.75) is 32.8 Å². The number of fused-ring (bicyclic) bond motifs is 1. The van der Waals surface area contributed by atoms with Crippen molar-refractivity contribution in [3.63, 3.8) is 0 Å². The van der Waals surface area contributed by atoms with Gasteiger partial charge in [0.15, 0.2) is 5.41 Å². The lowest BCUT2D eigenvalue weighted by Gasteiger charge is -2.32. The Kier molecular flexibility index (Phi) is 5.65. The van der Waals surface area contributed by atoms with Gasteiger partial charge < -0.3 is 14.6 Å². The zero-order valence-corrected chi connectivity index (χ0v) is 15.6. The highest BCUT2D eigenvalue weighted by Crippen LogP contribution is 2.37. The summed E-state index contributed by atoms with van der Waals surface area (Å²) in [7, 11) is 0. The molecule has 6 nitrogen and oxygen atoms in total. The maximum absolute atomic E-state index is 12.4. The van der Waals surface area contributed by atoms with E-state index in [1.54, 1.807) is 31.2 Å². The molecule has 1 N–H and O–H groups in total. The fraction of sp³-hybridized carbons (Fsp3) is 0.318. The Morgan fingerprint density at radius 3 is 2.57 bits per heavy atom. The predicted molar refractivity (Wildman–Crippen MR) is 101 cm³/mol. The molecule has 0 amide bonds. The number of ether oxygens (including phenoxy) is 2. The molecule has 0 aliphatic heterocycles. The Labute approximate surface area is 163 Å². The minimum Gasteiger partial charge on any atom is -0.489 e. The number of carbonyl (C=O) groups excluding carboxylic acids is 1. The third kappa shape index (κ3) is 3.84. The number of carbonyl (C=O) groups is 2. The molecule has 0 heterocycles. The second-order valence-corrected chi connectivity index (χ2v) is 6.81. The SMILES string of the molecule is CCOC(=O)C1(C(=O)O)CCc2ccc(COc3ccc(C#N)cc3)cc2C1. The monoisotopic (exact) mass is 379 g/mol. The van der Waals surface area contributed by atoms with Crippen molar-refractivity contribution in [2.75, 3.05) is 6.61 Å². The van der Waals surface area contributed by atoms with Gasteiger partial charge in [-0.3, -0.25) is 9.59 Å². The molecule has 2 aromatic rings. The van der Waals surface area contributed by atoms with Gasteiger partial charge in [-0.05, 0) is 67.1 Å². The van der Waals surface area contributed by atoms with Gasteiger partial charge in [0.25, 0.3) is 0 Å². The molecule has 0 saturated heterocycles. The molecule has 0 aromatic heterocycles. The highest BCUT2D eigenvalue weighted by atomic mass is 16.5. The Morgan fingerprint density at radius 1 is 1.18 bits per heavy atom. The van der Waals surface area contributed by atoms with Crippen molar-refractivity contribution in [3.05, 3.63) is 64.7 Å². The topological polar surface area (TPSA) is 96.6 Å². The van der Waals surface area contributed by atoms with Crippen LogP contribution in [0.1, 0.15) is 35.6 Å². The summed E-state index contributed by atoms with van der Waals surface area (Å²) < 4.78 is 10.8. The molecule has 1 unspecified atom stereocenters. The molecule has 3 rings (SSSR count). The number of carboxylic acids is 1. The van der Waals surface area contributed by atoms with E-state index in [2.05, 4.69) is 6.07 Å². The van der Waals surface area contributed by atoms with Crippen LogP contribution in [-0.2, 0) is 33.8 Å². The lowest BCUT2D eigenvalue weighted by atomic mass is 9.71. The van der Waals surface area contributed by atoms with Crippen molar-refractivity contribution in [1.82, 2.24) is 0 Å². The van der Waals surface area contributed by atoms with Gasteiger partial charge in [-0.2, -0.15) is 5.26 Å². The highest BCUT2D eigenvalue weighted by molar-refractivity contribution is 5.99. The predicted octanol–water partition coefficient (Wildman–Crippen LogP) is 3.26. The Morgan fingerprint density at radius 2 is 1.93 bits per heavy atom. The van der Waals surface area contributed by atoms with Gasteiger partial charge >= 0.3 is 11.9 Å². The Bertz CT molecular complexity index is 929. The van der Waals surface area contributed by atoms with Gasteiger partial charge in [0.2, 0.25) is 0 Å². The first-order valence-electron chi connectivity index (χ1n) is 9.13. The van der Waals surface area contributed by atoms with E-state index in [9.17, 15) is 14.7 Å². The largest absolute Gasteiger partial charge is 0.489 e. The minimum atomic E-state index is -1.53. The van der Waals surface area contributed by atoms with Crippen molar-refractivity contribution in [1.29, 1.82) is 5.26 Å². The number of hydrogen-bond acceptors (Lipinski definition) is 5. The van der Waals surface area contributed by atoms with Gasteiger partial charge in [-0.25, -0.2) is 0 Å². The molecular formula is C22H21NO5. The number of hydrogen-bond donors (Lipinski definition) is 1. The van der Waals surface area contributed by atoms with Crippen LogP contribution in [0, 0.1) is 16.7 Å². The summed E-state index contributed by atoms with van der Waals surface area (Å²) in [6.07, 6.45) is 0.855. The summed E-state index contributed by atoms with van der Waals surface area (Å²) in [5.74, 6) is -1.17. The van der Waals surface area contributed by atoms with Crippen LogP contribution < -0.4 is 4.74 Å². The van der Waals surface area contributed by atoms with Gasteiger partial charge in [-0.1, -0.05) is 18.2 Å². The maximum atomic E-state index is 12.4. The van der Waals surface area contributed by atoms with E-state index in [1.165, 1.54) is 0 Å². The quantitative estimate of drug-likeness (QED) is 0.611. The first-order valence-corrected chi connectivity index (χ1v) is 9.13. The van der Waals surface area contributed by atoms with Gasteiger partial charge in [0, 0.05) is 0 Å². The number of benzene rings is 2. The zero-order chi connectivity index (χ0) is 20.1. The van der Waals surface area contributed by atoms with E-state index < -0.39 is 17.4 Å². The molecule has 0 saturated carbocycles. The third-order valence-corrected chi connectivity index (χ3v) is 5.05. The fourth-order valence-electron chi connectivity index (χ4n) is 3.44. The molecule has 2 aromatic carbocycles. The van der Waals surface area contributed by atoms with Crippen LogP contribution in [0.25, 0.3) is 0 Å². The molecular weight excluding hydrogens is 358 g/mol.